The Morgan fingerprint density at radius 1 is 1.53 bits per heavy atom. The Balaban J connectivity index is 1.75. The van der Waals surface area contributed by atoms with E-state index in [0.29, 0.717) is 6.54 Å². The fourth-order valence-corrected chi connectivity index (χ4v) is 1.89. The van der Waals surface area contributed by atoms with Crippen LogP contribution in [0.5, 0.6) is 0 Å². The molecule has 4 heteroatoms. The van der Waals surface area contributed by atoms with Crippen LogP contribution in [-0.4, -0.2) is 18.9 Å². The zero-order chi connectivity index (χ0) is 12.1. The Morgan fingerprint density at radius 2 is 2.41 bits per heavy atom. The smallest absolute Gasteiger partial charge is 0.317 e. The van der Waals surface area contributed by atoms with E-state index >= 15 is 0 Å². The second kappa shape index (κ2) is 5.68. The molecule has 2 N–H and O–H groups in total. The lowest BCUT2D eigenvalue weighted by Gasteiger charge is -2.12. The molecule has 1 aliphatic rings. The predicted molar refractivity (Wildman–Crippen MR) is 65.5 cm³/mol. The Labute approximate surface area is 101 Å². The minimum absolute atomic E-state index is 0.118. The van der Waals surface area contributed by atoms with Crippen molar-refractivity contribution in [3.05, 3.63) is 35.4 Å². The van der Waals surface area contributed by atoms with Crippen LogP contribution in [0.1, 0.15) is 24.0 Å². The first-order valence-corrected chi connectivity index (χ1v) is 5.95. The average Bonchev–Trinajstić information content (AvgIpc) is 2.79. The van der Waals surface area contributed by atoms with Crippen molar-refractivity contribution in [1.82, 2.24) is 10.6 Å². The molecule has 2 amide bonds. The lowest BCUT2D eigenvalue weighted by atomic mass is 10.1. The van der Waals surface area contributed by atoms with E-state index in [1.807, 2.05) is 25.1 Å². The third-order valence-electron chi connectivity index (χ3n) is 2.76. The van der Waals surface area contributed by atoms with Crippen LogP contribution in [0.15, 0.2) is 24.3 Å². The molecule has 1 heterocycles. The predicted octanol–water partition coefficient (Wildman–Crippen LogP) is 1.93. The highest BCUT2D eigenvalue weighted by atomic mass is 16.5. The van der Waals surface area contributed by atoms with Gasteiger partial charge in [0.05, 0.1) is 0 Å². The lowest BCUT2D eigenvalue weighted by Crippen LogP contribution is -2.41. The summed E-state index contributed by atoms with van der Waals surface area (Å²) in [5, 5.41) is 5.61. The third-order valence-corrected chi connectivity index (χ3v) is 2.76. The van der Waals surface area contributed by atoms with Gasteiger partial charge in [-0.05, 0) is 25.3 Å². The number of amides is 2. The number of benzene rings is 1. The Kier molecular flexibility index (Phi) is 3.98. The van der Waals surface area contributed by atoms with Crippen molar-refractivity contribution < 1.29 is 9.53 Å². The third kappa shape index (κ3) is 3.75. The van der Waals surface area contributed by atoms with Crippen molar-refractivity contribution in [2.75, 3.05) is 6.61 Å². The number of hydrogen-bond donors (Lipinski definition) is 2. The molecule has 1 aromatic rings. The number of rotatable bonds is 3. The summed E-state index contributed by atoms with van der Waals surface area (Å²) >= 11 is 0. The number of hydrogen-bond acceptors (Lipinski definition) is 2. The summed E-state index contributed by atoms with van der Waals surface area (Å²) in [5.74, 6) is 0. The Morgan fingerprint density at radius 3 is 3.12 bits per heavy atom. The van der Waals surface area contributed by atoms with Gasteiger partial charge in [-0.15, -0.1) is 0 Å². The highest BCUT2D eigenvalue weighted by Gasteiger charge is 2.16. The highest BCUT2D eigenvalue weighted by Crippen LogP contribution is 2.08. The minimum atomic E-state index is -0.168. The monoisotopic (exact) mass is 234 g/mol. The van der Waals surface area contributed by atoms with E-state index in [0.717, 1.165) is 25.0 Å². The van der Waals surface area contributed by atoms with Crippen LogP contribution in [-0.2, 0) is 11.3 Å². The zero-order valence-corrected chi connectivity index (χ0v) is 10.0. The van der Waals surface area contributed by atoms with Gasteiger partial charge in [0.2, 0.25) is 0 Å². The maximum atomic E-state index is 11.6. The van der Waals surface area contributed by atoms with Gasteiger partial charge in [-0.1, -0.05) is 29.8 Å². The first-order chi connectivity index (χ1) is 8.24. The van der Waals surface area contributed by atoms with Gasteiger partial charge in [-0.3, -0.25) is 0 Å². The van der Waals surface area contributed by atoms with Gasteiger partial charge in [0.15, 0.2) is 0 Å². The molecule has 17 heavy (non-hydrogen) atoms. The summed E-state index contributed by atoms with van der Waals surface area (Å²) < 4.78 is 5.32. The van der Waals surface area contributed by atoms with Crippen molar-refractivity contribution in [3.63, 3.8) is 0 Å². The number of urea groups is 1. The van der Waals surface area contributed by atoms with Crippen LogP contribution in [0, 0.1) is 6.92 Å². The molecule has 4 nitrogen and oxygen atoms in total. The molecule has 2 rings (SSSR count). The van der Waals surface area contributed by atoms with Gasteiger partial charge in [0.25, 0.3) is 0 Å². The van der Waals surface area contributed by atoms with E-state index in [4.69, 9.17) is 4.74 Å². The number of ether oxygens (including phenoxy) is 1. The molecule has 0 spiro atoms. The number of aryl methyl sites for hydroxylation is 1. The fourth-order valence-electron chi connectivity index (χ4n) is 1.89. The quantitative estimate of drug-likeness (QED) is 0.839. The number of nitrogens with one attached hydrogen (secondary N) is 2. The van der Waals surface area contributed by atoms with Gasteiger partial charge in [0.1, 0.15) is 6.23 Å². The second-order valence-electron chi connectivity index (χ2n) is 4.32. The van der Waals surface area contributed by atoms with Gasteiger partial charge in [-0.25, -0.2) is 4.79 Å². The maximum Gasteiger partial charge on any atom is 0.317 e. The maximum absolute atomic E-state index is 11.6. The number of carbonyl (C=O) groups is 1. The molecular formula is C13H18N2O2. The van der Waals surface area contributed by atoms with Gasteiger partial charge in [0, 0.05) is 13.2 Å². The summed E-state index contributed by atoms with van der Waals surface area (Å²) in [7, 11) is 0. The molecule has 0 aromatic heterocycles. The fraction of sp³-hybridized carbons (Fsp3) is 0.462. The summed E-state index contributed by atoms with van der Waals surface area (Å²) in [6.07, 6.45) is 1.80. The first kappa shape index (κ1) is 11.9. The van der Waals surface area contributed by atoms with Crippen molar-refractivity contribution in [1.29, 1.82) is 0 Å². The molecule has 0 bridgehead atoms. The van der Waals surface area contributed by atoms with Crippen LogP contribution < -0.4 is 10.6 Å². The van der Waals surface area contributed by atoms with Crippen molar-refractivity contribution in [3.8, 4) is 0 Å². The van der Waals surface area contributed by atoms with Crippen LogP contribution in [0.2, 0.25) is 0 Å². The standard InChI is InChI=1S/C13H18N2O2/c1-10-4-2-5-11(8-10)9-14-13(16)15-12-6-3-7-17-12/h2,4-5,8,12H,3,6-7,9H2,1H3,(H2,14,15,16). The van der Waals surface area contributed by atoms with Gasteiger partial charge in [-0.2, -0.15) is 0 Å². The summed E-state index contributed by atoms with van der Waals surface area (Å²) in [6, 6.07) is 7.92. The van der Waals surface area contributed by atoms with E-state index < -0.39 is 0 Å². The molecule has 1 aliphatic heterocycles. The SMILES string of the molecule is Cc1cccc(CNC(=O)NC2CCCO2)c1. The van der Waals surface area contributed by atoms with E-state index in [2.05, 4.69) is 16.7 Å². The van der Waals surface area contributed by atoms with Crippen LogP contribution in [0.4, 0.5) is 4.79 Å². The van der Waals surface area contributed by atoms with Gasteiger partial charge < -0.3 is 15.4 Å². The summed E-state index contributed by atoms with van der Waals surface area (Å²) in [4.78, 5) is 11.6. The molecule has 0 aliphatic carbocycles. The largest absolute Gasteiger partial charge is 0.358 e. The van der Waals surface area contributed by atoms with E-state index in [1.54, 1.807) is 0 Å². The molecule has 1 unspecified atom stereocenters. The van der Waals surface area contributed by atoms with E-state index in [9.17, 15) is 4.79 Å². The van der Waals surface area contributed by atoms with Crippen molar-refractivity contribution >= 4 is 6.03 Å². The van der Waals surface area contributed by atoms with Crippen molar-refractivity contribution in [2.45, 2.75) is 32.5 Å². The van der Waals surface area contributed by atoms with Gasteiger partial charge >= 0.3 is 6.03 Å². The van der Waals surface area contributed by atoms with Crippen molar-refractivity contribution in [2.24, 2.45) is 0 Å². The van der Waals surface area contributed by atoms with E-state index in [-0.39, 0.29) is 12.3 Å². The second-order valence-corrected chi connectivity index (χ2v) is 4.32. The lowest BCUT2D eigenvalue weighted by molar-refractivity contribution is 0.0907. The average molecular weight is 234 g/mol. The molecule has 1 atom stereocenters. The minimum Gasteiger partial charge on any atom is -0.358 e. The summed E-state index contributed by atoms with van der Waals surface area (Å²) in [6.45, 7) is 3.32. The first-order valence-electron chi connectivity index (χ1n) is 5.95. The molecule has 92 valence electrons. The molecule has 1 aromatic carbocycles. The van der Waals surface area contributed by atoms with Crippen LogP contribution in [0.25, 0.3) is 0 Å². The normalized spacial score (nSPS) is 19.0. The highest BCUT2D eigenvalue weighted by molar-refractivity contribution is 5.74. The molecule has 1 fully saturated rings. The molecular weight excluding hydrogens is 216 g/mol. The Bertz CT molecular complexity index is 387. The van der Waals surface area contributed by atoms with Crippen LogP contribution in [0.3, 0.4) is 0 Å². The van der Waals surface area contributed by atoms with Crippen LogP contribution >= 0.6 is 0 Å². The molecule has 0 radical (unpaired) electrons. The topological polar surface area (TPSA) is 50.4 Å². The van der Waals surface area contributed by atoms with E-state index in [1.165, 1.54) is 5.56 Å². The number of carbonyl (C=O) groups excluding carboxylic acids is 1. The molecule has 0 saturated carbocycles. The molecule has 1 saturated heterocycles. The Hall–Kier alpha value is -1.55. The summed E-state index contributed by atoms with van der Waals surface area (Å²) in [5.41, 5.74) is 2.30. The zero-order valence-electron chi connectivity index (χ0n) is 10.0.